The molecule has 2 fully saturated rings. The number of nitrogens with one attached hydrogen (secondary N) is 1. The molecule has 21 heavy (non-hydrogen) atoms. The van der Waals surface area contributed by atoms with E-state index >= 15 is 0 Å². The molecule has 112 valence electrons. The maximum atomic E-state index is 12.7. The highest BCUT2D eigenvalue weighted by molar-refractivity contribution is 6.33. The molecule has 3 rings (SSSR count). The van der Waals surface area contributed by atoms with Crippen molar-refractivity contribution in [1.82, 2.24) is 0 Å². The molecule has 2 atom stereocenters. The Morgan fingerprint density at radius 1 is 1.33 bits per heavy atom. The molecule has 0 aromatic heterocycles. The molecule has 2 nitrogen and oxygen atoms in total. The van der Waals surface area contributed by atoms with E-state index in [0.717, 1.165) is 29.7 Å². The van der Waals surface area contributed by atoms with Crippen LogP contribution in [-0.2, 0) is 4.79 Å². The van der Waals surface area contributed by atoms with Gasteiger partial charge < -0.3 is 5.32 Å². The van der Waals surface area contributed by atoms with Crippen LogP contribution in [0.15, 0.2) is 30.0 Å². The summed E-state index contributed by atoms with van der Waals surface area (Å²) in [7, 11) is 0. The summed E-state index contributed by atoms with van der Waals surface area (Å²) >= 11 is 6.20. The first-order valence-electron chi connectivity index (χ1n) is 7.55. The third-order valence-electron chi connectivity index (χ3n) is 5.87. The van der Waals surface area contributed by atoms with Crippen LogP contribution in [0.4, 0.5) is 5.69 Å². The fourth-order valence-corrected chi connectivity index (χ4v) is 4.17. The predicted octanol–water partition coefficient (Wildman–Crippen LogP) is 4.97. The van der Waals surface area contributed by atoms with Gasteiger partial charge in [-0.25, -0.2) is 0 Å². The predicted molar refractivity (Wildman–Crippen MR) is 87.5 cm³/mol. The third-order valence-corrected chi connectivity index (χ3v) is 6.20. The van der Waals surface area contributed by atoms with Crippen LogP contribution in [0.25, 0.3) is 0 Å². The Balaban J connectivity index is 1.92. The first kappa shape index (κ1) is 14.6. The Bertz CT molecular complexity index is 647. The largest absolute Gasteiger partial charge is 0.360 e. The minimum Gasteiger partial charge on any atom is -0.360 e. The van der Waals surface area contributed by atoms with E-state index in [9.17, 15) is 4.79 Å². The number of allylic oxidation sites excluding steroid dienone is 1. The SMILES string of the molecule is Cc1ccc(Cl)c(N/C=C2/C(=O)[C@@]3(C)CC[C@@H]2C3(C)C)c1. The Labute approximate surface area is 131 Å². The number of fused-ring (bicyclic) bond motifs is 2. The zero-order valence-electron chi connectivity index (χ0n) is 13.1. The highest BCUT2D eigenvalue weighted by Crippen LogP contribution is 2.65. The lowest BCUT2D eigenvalue weighted by Gasteiger charge is -2.31. The van der Waals surface area contributed by atoms with Gasteiger partial charge in [-0.05, 0) is 48.8 Å². The van der Waals surface area contributed by atoms with Crippen molar-refractivity contribution in [3.05, 3.63) is 40.6 Å². The molecule has 0 radical (unpaired) electrons. The minimum atomic E-state index is -0.207. The summed E-state index contributed by atoms with van der Waals surface area (Å²) in [4.78, 5) is 12.7. The lowest BCUT2D eigenvalue weighted by Crippen LogP contribution is -2.32. The normalized spacial score (nSPS) is 32.0. The summed E-state index contributed by atoms with van der Waals surface area (Å²) in [6, 6.07) is 5.86. The van der Waals surface area contributed by atoms with Crippen molar-refractivity contribution in [1.29, 1.82) is 0 Å². The van der Waals surface area contributed by atoms with Crippen molar-refractivity contribution in [2.24, 2.45) is 16.7 Å². The number of carbonyl (C=O) groups is 1. The molecule has 1 aromatic rings. The monoisotopic (exact) mass is 303 g/mol. The maximum Gasteiger partial charge on any atom is 0.167 e. The second kappa shape index (κ2) is 4.61. The van der Waals surface area contributed by atoms with E-state index in [-0.39, 0.29) is 10.8 Å². The van der Waals surface area contributed by atoms with Crippen molar-refractivity contribution < 1.29 is 4.79 Å². The molecule has 0 amide bonds. The van der Waals surface area contributed by atoms with E-state index in [0.29, 0.717) is 16.7 Å². The Hall–Kier alpha value is -1.28. The van der Waals surface area contributed by atoms with Crippen LogP contribution >= 0.6 is 11.6 Å². The van der Waals surface area contributed by atoms with Gasteiger partial charge in [-0.15, -0.1) is 0 Å². The van der Waals surface area contributed by atoms with Gasteiger partial charge in [0.25, 0.3) is 0 Å². The molecule has 1 aromatic carbocycles. The number of carbonyl (C=O) groups excluding carboxylic acids is 1. The number of hydrogen-bond acceptors (Lipinski definition) is 2. The van der Waals surface area contributed by atoms with E-state index in [1.165, 1.54) is 0 Å². The van der Waals surface area contributed by atoms with Crippen molar-refractivity contribution in [2.45, 2.75) is 40.5 Å². The van der Waals surface area contributed by atoms with E-state index in [2.05, 4.69) is 26.1 Å². The van der Waals surface area contributed by atoms with Gasteiger partial charge in [-0.3, -0.25) is 4.79 Å². The number of anilines is 1. The molecule has 0 unspecified atom stereocenters. The van der Waals surface area contributed by atoms with Crippen LogP contribution in [0, 0.1) is 23.7 Å². The summed E-state index contributed by atoms with van der Waals surface area (Å²) in [6.45, 7) is 8.60. The second-order valence-corrected chi connectivity index (χ2v) is 7.61. The highest BCUT2D eigenvalue weighted by atomic mass is 35.5. The Morgan fingerprint density at radius 2 is 2.05 bits per heavy atom. The van der Waals surface area contributed by atoms with E-state index in [1.807, 2.05) is 31.3 Å². The molecule has 0 heterocycles. The molecule has 3 heteroatoms. The fraction of sp³-hybridized carbons (Fsp3) is 0.500. The van der Waals surface area contributed by atoms with Gasteiger partial charge in [0.1, 0.15) is 0 Å². The summed E-state index contributed by atoms with van der Waals surface area (Å²) in [5.41, 5.74) is 2.79. The van der Waals surface area contributed by atoms with Crippen LogP contribution in [0.5, 0.6) is 0 Å². The molecule has 0 spiro atoms. The number of hydrogen-bond donors (Lipinski definition) is 1. The molecule has 0 saturated heterocycles. The van der Waals surface area contributed by atoms with Crippen LogP contribution in [-0.4, -0.2) is 5.78 Å². The quantitative estimate of drug-likeness (QED) is 0.782. The molecule has 2 aliphatic rings. The number of ketones is 1. The maximum absolute atomic E-state index is 12.7. The number of Topliss-reactive ketones (excluding diaryl/α,β-unsaturated/α-hetero) is 1. The van der Waals surface area contributed by atoms with Gasteiger partial charge in [0, 0.05) is 17.2 Å². The van der Waals surface area contributed by atoms with Crippen LogP contribution in [0.2, 0.25) is 5.02 Å². The van der Waals surface area contributed by atoms with Crippen molar-refractivity contribution >= 4 is 23.1 Å². The van der Waals surface area contributed by atoms with Crippen molar-refractivity contribution in [3.63, 3.8) is 0 Å². The van der Waals surface area contributed by atoms with Crippen molar-refractivity contribution in [2.75, 3.05) is 5.32 Å². The Kier molecular flexibility index (Phi) is 3.21. The number of rotatable bonds is 2. The van der Waals surface area contributed by atoms with Gasteiger partial charge in [-0.2, -0.15) is 0 Å². The average molecular weight is 304 g/mol. The standard InChI is InChI=1S/C18H22ClNO/c1-11-5-6-14(19)15(9-11)20-10-12-13-7-8-18(4,16(12)21)17(13,2)3/h5-6,9-10,13,20H,7-8H2,1-4H3/b12-10+/t13-,18+/m0/s1. The van der Waals surface area contributed by atoms with E-state index in [4.69, 9.17) is 11.6 Å². The zero-order valence-corrected chi connectivity index (χ0v) is 13.8. The molecular weight excluding hydrogens is 282 g/mol. The summed E-state index contributed by atoms with van der Waals surface area (Å²) < 4.78 is 0. The van der Waals surface area contributed by atoms with Gasteiger partial charge in [0.2, 0.25) is 0 Å². The summed E-state index contributed by atoms with van der Waals surface area (Å²) in [5.74, 6) is 0.658. The van der Waals surface area contributed by atoms with Gasteiger partial charge in [0.15, 0.2) is 5.78 Å². The van der Waals surface area contributed by atoms with E-state index in [1.54, 1.807) is 0 Å². The molecule has 2 saturated carbocycles. The molecule has 2 bridgehead atoms. The summed E-state index contributed by atoms with van der Waals surface area (Å²) in [5, 5.41) is 3.93. The lowest BCUT2D eigenvalue weighted by atomic mass is 9.70. The van der Waals surface area contributed by atoms with Gasteiger partial charge >= 0.3 is 0 Å². The fourth-order valence-electron chi connectivity index (χ4n) is 4.00. The molecule has 0 aliphatic heterocycles. The molecule has 1 N–H and O–H groups in total. The summed E-state index contributed by atoms with van der Waals surface area (Å²) in [6.07, 6.45) is 4.00. The van der Waals surface area contributed by atoms with Gasteiger partial charge in [0.05, 0.1) is 10.7 Å². The first-order chi connectivity index (χ1) is 9.77. The third kappa shape index (κ3) is 1.96. The van der Waals surface area contributed by atoms with Gasteiger partial charge in [-0.1, -0.05) is 38.4 Å². The zero-order chi connectivity index (χ0) is 15.4. The molecule has 2 aliphatic carbocycles. The van der Waals surface area contributed by atoms with Crippen LogP contribution < -0.4 is 5.32 Å². The second-order valence-electron chi connectivity index (χ2n) is 7.20. The van der Waals surface area contributed by atoms with Crippen LogP contribution in [0.3, 0.4) is 0 Å². The highest BCUT2D eigenvalue weighted by Gasteiger charge is 2.63. The molecular formula is C18H22ClNO. The van der Waals surface area contributed by atoms with Crippen LogP contribution in [0.1, 0.15) is 39.2 Å². The topological polar surface area (TPSA) is 29.1 Å². The minimum absolute atomic E-state index is 0.0496. The first-order valence-corrected chi connectivity index (χ1v) is 7.93. The lowest BCUT2D eigenvalue weighted by molar-refractivity contribution is -0.125. The number of halogens is 1. The number of benzene rings is 1. The smallest absolute Gasteiger partial charge is 0.167 e. The average Bonchev–Trinajstić information content (AvgIpc) is 2.73. The van der Waals surface area contributed by atoms with Crippen molar-refractivity contribution in [3.8, 4) is 0 Å². The van der Waals surface area contributed by atoms with E-state index < -0.39 is 0 Å². The Morgan fingerprint density at radius 3 is 2.67 bits per heavy atom. The number of aryl methyl sites for hydroxylation is 1.